The number of allylic oxidation sites excluding steroid dienone is 1. The molecule has 198 valence electrons. The lowest BCUT2D eigenvalue weighted by Crippen LogP contribution is -2.39. The average molecular weight is 545 g/mol. The summed E-state index contributed by atoms with van der Waals surface area (Å²) in [7, 11) is 1.57. The summed E-state index contributed by atoms with van der Waals surface area (Å²) in [4.78, 5) is 43.9. The first-order valence-electron chi connectivity index (χ1n) is 12.1. The molecule has 5 rings (SSSR count). The molecule has 0 fully saturated rings. The Morgan fingerprint density at radius 3 is 2.41 bits per heavy atom. The number of carbonyl (C=O) groups is 2. The summed E-state index contributed by atoms with van der Waals surface area (Å²) in [6.07, 6.45) is 3.13. The second kappa shape index (κ2) is 11.0. The highest BCUT2D eigenvalue weighted by Gasteiger charge is 2.33. The molecule has 10 heteroatoms. The van der Waals surface area contributed by atoms with Gasteiger partial charge in [0.15, 0.2) is 4.80 Å². The van der Waals surface area contributed by atoms with Crippen LogP contribution < -0.4 is 24.4 Å². The molecule has 0 N–H and O–H groups in total. The summed E-state index contributed by atoms with van der Waals surface area (Å²) < 4.78 is 22.9. The first-order chi connectivity index (χ1) is 18.9. The van der Waals surface area contributed by atoms with Crippen LogP contribution in [0.5, 0.6) is 11.5 Å². The van der Waals surface area contributed by atoms with Gasteiger partial charge in [0.2, 0.25) is 5.76 Å². The van der Waals surface area contributed by atoms with Crippen LogP contribution in [0.2, 0.25) is 0 Å². The SMILES string of the molecule is CCOC(=O)C1=C(C)N=c2s/c(=C/c3ccc(OC(=O)c4ccco4)cc3)c(=O)n2[C@@H]1c1ccc(OC)cc1. The van der Waals surface area contributed by atoms with Crippen LogP contribution in [0.3, 0.4) is 0 Å². The van der Waals surface area contributed by atoms with Crippen molar-refractivity contribution in [3.05, 3.63) is 115 Å². The van der Waals surface area contributed by atoms with E-state index in [-0.39, 0.29) is 17.9 Å². The molecule has 0 bridgehead atoms. The van der Waals surface area contributed by atoms with E-state index in [9.17, 15) is 14.4 Å². The van der Waals surface area contributed by atoms with E-state index in [4.69, 9.17) is 18.6 Å². The molecule has 1 aliphatic heterocycles. The topological polar surface area (TPSA) is 109 Å². The van der Waals surface area contributed by atoms with Gasteiger partial charge in [-0.25, -0.2) is 14.6 Å². The summed E-state index contributed by atoms with van der Waals surface area (Å²) in [5.74, 6) is -0.0305. The van der Waals surface area contributed by atoms with Gasteiger partial charge in [-0.2, -0.15) is 0 Å². The van der Waals surface area contributed by atoms with Gasteiger partial charge in [-0.1, -0.05) is 35.6 Å². The maximum atomic E-state index is 13.7. The van der Waals surface area contributed by atoms with Crippen LogP contribution in [-0.2, 0) is 9.53 Å². The predicted octanol–water partition coefficient (Wildman–Crippen LogP) is 3.62. The van der Waals surface area contributed by atoms with Crippen molar-refractivity contribution in [2.24, 2.45) is 4.99 Å². The highest BCUT2D eigenvalue weighted by Crippen LogP contribution is 2.31. The van der Waals surface area contributed by atoms with Gasteiger partial charge < -0.3 is 18.6 Å². The minimum atomic E-state index is -0.711. The Morgan fingerprint density at radius 1 is 1.05 bits per heavy atom. The molecule has 2 aromatic carbocycles. The molecule has 0 spiro atoms. The van der Waals surface area contributed by atoms with Crippen LogP contribution in [0.15, 0.2) is 92.4 Å². The quantitative estimate of drug-likeness (QED) is 0.258. The Kier molecular flexibility index (Phi) is 7.29. The third-order valence-corrected chi connectivity index (χ3v) is 7.04. The third kappa shape index (κ3) is 5.19. The summed E-state index contributed by atoms with van der Waals surface area (Å²) in [5.41, 5.74) is 1.96. The van der Waals surface area contributed by atoms with Crippen molar-refractivity contribution in [1.29, 1.82) is 0 Å². The lowest BCUT2D eigenvalue weighted by atomic mass is 9.96. The predicted molar refractivity (Wildman–Crippen MR) is 144 cm³/mol. The Balaban J connectivity index is 1.53. The average Bonchev–Trinajstić information content (AvgIpc) is 3.58. The number of aromatic nitrogens is 1. The smallest absolute Gasteiger partial charge is 0.379 e. The van der Waals surface area contributed by atoms with E-state index in [1.54, 1.807) is 69.5 Å². The van der Waals surface area contributed by atoms with E-state index >= 15 is 0 Å². The Bertz CT molecular complexity index is 1730. The standard InChI is InChI=1S/C29H24N2O7S/c1-4-36-28(34)24-17(2)30-29-31(25(24)19-9-13-20(35-3)14-10-19)26(32)23(39-29)16-18-7-11-21(12-8-18)38-27(33)22-6-5-15-37-22/h5-16,25H,4H2,1-3H3/b23-16+/t25-/m1/s1. The number of carbonyl (C=O) groups excluding carboxylic acids is 2. The van der Waals surface area contributed by atoms with E-state index < -0.39 is 18.0 Å². The van der Waals surface area contributed by atoms with Crippen LogP contribution in [-0.4, -0.2) is 30.2 Å². The third-order valence-electron chi connectivity index (χ3n) is 6.06. The number of nitrogens with zero attached hydrogens (tertiary/aromatic N) is 2. The van der Waals surface area contributed by atoms with Crippen molar-refractivity contribution in [3.63, 3.8) is 0 Å². The molecule has 0 saturated carbocycles. The van der Waals surface area contributed by atoms with Gasteiger partial charge in [0.25, 0.3) is 5.56 Å². The maximum Gasteiger partial charge on any atom is 0.379 e. The Hall–Kier alpha value is -4.70. The number of methoxy groups -OCH3 is 1. The van der Waals surface area contributed by atoms with Crippen LogP contribution >= 0.6 is 11.3 Å². The molecule has 0 aliphatic carbocycles. The van der Waals surface area contributed by atoms with Crippen molar-refractivity contribution in [1.82, 2.24) is 4.57 Å². The number of furan rings is 1. The van der Waals surface area contributed by atoms with Gasteiger partial charge in [-0.15, -0.1) is 0 Å². The monoisotopic (exact) mass is 544 g/mol. The van der Waals surface area contributed by atoms with E-state index in [1.807, 2.05) is 12.1 Å². The van der Waals surface area contributed by atoms with Gasteiger partial charge in [0, 0.05) is 0 Å². The number of esters is 2. The zero-order chi connectivity index (χ0) is 27.5. The van der Waals surface area contributed by atoms with Crippen molar-refractivity contribution in [2.75, 3.05) is 13.7 Å². The zero-order valence-electron chi connectivity index (χ0n) is 21.4. The number of benzene rings is 2. The number of fused-ring (bicyclic) bond motifs is 1. The zero-order valence-corrected chi connectivity index (χ0v) is 22.2. The van der Waals surface area contributed by atoms with Crippen molar-refractivity contribution < 1.29 is 28.2 Å². The minimum Gasteiger partial charge on any atom is -0.497 e. The molecule has 0 amide bonds. The lowest BCUT2D eigenvalue weighted by Gasteiger charge is -2.24. The molecule has 0 saturated heterocycles. The molecular formula is C29H24N2O7S. The van der Waals surface area contributed by atoms with Crippen molar-refractivity contribution >= 4 is 29.4 Å². The lowest BCUT2D eigenvalue weighted by molar-refractivity contribution is -0.139. The van der Waals surface area contributed by atoms with Crippen LogP contribution in [0.4, 0.5) is 0 Å². The number of hydrogen-bond acceptors (Lipinski definition) is 9. The van der Waals surface area contributed by atoms with Gasteiger partial charge in [0.1, 0.15) is 11.5 Å². The van der Waals surface area contributed by atoms with Crippen LogP contribution in [0.1, 0.15) is 41.6 Å². The normalized spacial score (nSPS) is 14.9. The fourth-order valence-electron chi connectivity index (χ4n) is 4.23. The molecule has 3 heterocycles. The molecular weight excluding hydrogens is 520 g/mol. The van der Waals surface area contributed by atoms with Gasteiger partial charge in [-0.05, 0) is 67.4 Å². The summed E-state index contributed by atoms with van der Waals surface area (Å²) in [6, 6.07) is 16.3. The largest absolute Gasteiger partial charge is 0.497 e. The van der Waals surface area contributed by atoms with Gasteiger partial charge in [0.05, 0.1) is 41.8 Å². The molecule has 4 aromatic rings. The molecule has 1 aliphatic rings. The van der Waals surface area contributed by atoms with Crippen LogP contribution in [0, 0.1) is 0 Å². The molecule has 1 atom stereocenters. The molecule has 0 radical (unpaired) electrons. The summed E-state index contributed by atoms with van der Waals surface area (Å²) >= 11 is 1.23. The van der Waals surface area contributed by atoms with E-state index in [0.29, 0.717) is 32.1 Å². The van der Waals surface area contributed by atoms with Gasteiger partial charge in [-0.3, -0.25) is 9.36 Å². The highest BCUT2D eigenvalue weighted by atomic mass is 32.1. The number of hydrogen-bond donors (Lipinski definition) is 0. The second-order valence-electron chi connectivity index (χ2n) is 8.51. The molecule has 0 unspecified atom stereocenters. The Morgan fingerprint density at radius 2 is 1.77 bits per heavy atom. The van der Waals surface area contributed by atoms with Crippen LogP contribution in [0.25, 0.3) is 6.08 Å². The van der Waals surface area contributed by atoms with Crippen molar-refractivity contribution in [3.8, 4) is 11.5 Å². The van der Waals surface area contributed by atoms with E-state index in [2.05, 4.69) is 4.99 Å². The van der Waals surface area contributed by atoms with E-state index in [0.717, 1.165) is 11.1 Å². The summed E-state index contributed by atoms with van der Waals surface area (Å²) in [6.45, 7) is 3.67. The Labute approximate surface area is 226 Å². The molecule has 39 heavy (non-hydrogen) atoms. The molecule has 2 aromatic heterocycles. The van der Waals surface area contributed by atoms with Crippen molar-refractivity contribution in [2.45, 2.75) is 19.9 Å². The van der Waals surface area contributed by atoms with Gasteiger partial charge >= 0.3 is 11.9 Å². The highest BCUT2D eigenvalue weighted by molar-refractivity contribution is 7.07. The number of ether oxygens (including phenoxy) is 3. The fourth-order valence-corrected chi connectivity index (χ4v) is 5.28. The minimum absolute atomic E-state index is 0.101. The number of rotatable bonds is 7. The first-order valence-corrected chi connectivity index (χ1v) is 12.9. The first kappa shape index (κ1) is 25.9. The fraction of sp³-hybridized carbons (Fsp3) is 0.172. The number of thiazole rings is 1. The second-order valence-corrected chi connectivity index (χ2v) is 9.52. The molecule has 9 nitrogen and oxygen atoms in total. The summed E-state index contributed by atoms with van der Waals surface area (Å²) in [5, 5.41) is 0. The maximum absolute atomic E-state index is 13.7. The van der Waals surface area contributed by atoms with E-state index in [1.165, 1.54) is 28.2 Å².